The Morgan fingerprint density at radius 3 is 2.42 bits per heavy atom. The molecule has 0 fully saturated rings. The van der Waals surface area contributed by atoms with Gasteiger partial charge >= 0.3 is 0 Å². The van der Waals surface area contributed by atoms with Crippen molar-refractivity contribution in [1.29, 1.82) is 0 Å². The molecule has 0 spiro atoms. The molecular weight excluding hydrogens is 344 g/mol. The van der Waals surface area contributed by atoms with Crippen molar-refractivity contribution in [2.45, 2.75) is 19.8 Å². The van der Waals surface area contributed by atoms with Crippen LogP contribution in [0.5, 0.6) is 0 Å². The van der Waals surface area contributed by atoms with Gasteiger partial charge in [0.2, 0.25) is 0 Å². The van der Waals surface area contributed by atoms with Gasteiger partial charge in [-0.25, -0.2) is 4.98 Å². The highest BCUT2D eigenvalue weighted by atomic mass is 32.1. The van der Waals surface area contributed by atoms with Gasteiger partial charge in [-0.3, -0.25) is 15.6 Å². The first-order chi connectivity index (χ1) is 12.5. The van der Waals surface area contributed by atoms with Gasteiger partial charge in [-0.15, -0.1) is 0 Å². The van der Waals surface area contributed by atoms with E-state index in [-0.39, 0.29) is 5.91 Å². The van der Waals surface area contributed by atoms with Crippen molar-refractivity contribution in [2.75, 3.05) is 5.32 Å². The smallest absolute Gasteiger partial charge is 0.288 e. The molecule has 3 rings (SSSR count). The minimum Gasteiger partial charge on any atom is -0.331 e. The average molecular weight is 364 g/mol. The summed E-state index contributed by atoms with van der Waals surface area (Å²) < 4.78 is 0. The molecule has 1 aromatic heterocycles. The molecule has 0 aliphatic rings. The van der Waals surface area contributed by atoms with E-state index in [9.17, 15) is 4.79 Å². The van der Waals surface area contributed by atoms with E-state index in [0.717, 1.165) is 16.6 Å². The monoisotopic (exact) mass is 364 g/mol. The number of nitrogens with one attached hydrogen (secondary N) is 3. The summed E-state index contributed by atoms with van der Waals surface area (Å²) in [7, 11) is 0. The van der Waals surface area contributed by atoms with E-state index in [4.69, 9.17) is 12.2 Å². The van der Waals surface area contributed by atoms with E-state index in [1.807, 2.05) is 54.6 Å². The molecule has 0 aliphatic heterocycles. The zero-order chi connectivity index (χ0) is 18.5. The van der Waals surface area contributed by atoms with Crippen LogP contribution in [-0.2, 0) is 0 Å². The van der Waals surface area contributed by atoms with Gasteiger partial charge in [-0.05, 0) is 48.0 Å². The van der Waals surface area contributed by atoms with Crippen molar-refractivity contribution in [1.82, 2.24) is 15.8 Å². The van der Waals surface area contributed by atoms with Crippen molar-refractivity contribution < 1.29 is 4.79 Å². The lowest BCUT2D eigenvalue weighted by Gasteiger charge is -2.12. The van der Waals surface area contributed by atoms with Crippen molar-refractivity contribution in [3.63, 3.8) is 0 Å². The van der Waals surface area contributed by atoms with Crippen LogP contribution in [0.4, 0.5) is 5.69 Å². The Labute approximate surface area is 157 Å². The first-order valence-electron chi connectivity index (χ1n) is 8.36. The summed E-state index contributed by atoms with van der Waals surface area (Å²) in [5, 5.41) is 4.32. The normalized spacial score (nSPS) is 10.6. The van der Waals surface area contributed by atoms with Crippen molar-refractivity contribution in [2.24, 2.45) is 0 Å². The molecule has 1 heterocycles. The number of benzene rings is 2. The number of pyridine rings is 1. The van der Waals surface area contributed by atoms with Crippen LogP contribution < -0.4 is 16.2 Å². The van der Waals surface area contributed by atoms with Gasteiger partial charge in [0.1, 0.15) is 5.69 Å². The Hall–Kier alpha value is -2.99. The minimum atomic E-state index is -0.352. The van der Waals surface area contributed by atoms with Gasteiger partial charge in [-0.2, -0.15) is 0 Å². The molecule has 3 N–H and O–H groups in total. The molecule has 0 aliphatic carbocycles. The zero-order valence-corrected chi connectivity index (χ0v) is 15.4. The molecule has 3 aromatic rings. The lowest BCUT2D eigenvalue weighted by atomic mass is 10.0. The average Bonchev–Trinajstić information content (AvgIpc) is 2.66. The number of thiocarbonyl (C=S) groups is 1. The second-order valence-corrected chi connectivity index (χ2v) is 6.61. The standard InChI is InChI=1S/C20H20N4OS/c1-13(2)14-7-10-16(11-8-14)21-20(26)24-23-19(25)18-12-9-15-5-3-4-6-17(15)22-18/h3-13H,1-2H3,(H,23,25)(H2,21,24,26). The van der Waals surface area contributed by atoms with Gasteiger partial charge in [-0.1, -0.05) is 50.2 Å². The lowest BCUT2D eigenvalue weighted by molar-refractivity contribution is 0.0939. The number of nitrogens with zero attached hydrogens (tertiary/aromatic N) is 1. The molecule has 0 saturated heterocycles. The number of hydrogen-bond acceptors (Lipinski definition) is 3. The number of hydrazine groups is 1. The molecule has 0 saturated carbocycles. The van der Waals surface area contributed by atoms with Crippen LogP contribution in [0.25, 0.3) is 10.9 Å². The summed E-state index contributed by atoms with van der Waals surface area (Å²) in [6, 6.07) is 19.2. The number of amides is 1. The maximum absolute atomic E-state index is 12.2. The Balaban J connectivity index is 1.57. The molecule has 5 nitrogen and oxygen atoms in total. The van der Waals surface area contributed by atoms with Crippen molar-refractivity contribution in [3.05, 3.63) is 71.9 Å². The molecule has 6 heteroatoms. The van der Waals surface area contributed by atoms with E-state index in [0.29, 0.717) is 16.7 Å². The fourth-order valence-electron chi connectivity index (χ4n) is 2.48. The van der Waals surface area contributed by atoms with Gasteiger partial charge in [0.15, 0.2) is 5.11 Å². The van der Waals surface area contributed by atoms with Gasteiger partial charge in [0, 0.05) is 11.1 Å². The number of rotatable bonds is 3. The summed E-state index contributed by atoms with van der Waals surface area (Å²) in [6.45, 7) is 4.29. The summed E-state index contributed by atoms with van der Waals surface area (Å²) >= 11 is 5.21. The largest absolute Gasteiger partial charge is 0.331 e. The summed E-state index contributed by atoms with van der Waals surface area (Å²) in [6.07, 6.45) is 0. The van der Waals surface area contributed by atoms with Crippen molar-refractivity contribution >= 4 is 39.8 Å². The van der Waals surface area contributed by atoms with Crippen LogP contribution in [0.3, 0.4) is 0 Å². The van der Waals surface area contributed by atoms with Crippen LogP contribution in [0.15, 0.2) is 60.7 Å². The van der Waals surface area contributed by atoms with Crippen LogP contribution in [-0.4, -0.2) is 16.0 Å². The first-order valence-corrected chi connectivity index (χ1v) is 8.77. The molecule has 0 unspecified atom stereocenters. The SMILES string of the molecule is CC(C)c1ccc(NC(=S)NNC(=O)c2ccc3ccccc3n2)cc1. The second kappa shape index (κ2) is 7.93. The highest BCUT2D eigenvalue weighted by Crippen LogP contribution is 2.17. The van der Waals surface area contributed by atoms with E-state index in [1.165, 1.54) is 5.56 Å². The second-order valence-electron chi connectivity index (χ2n) is 6.20. The van der Waals surface area contributed by atoms with E-state index in [1.54, 1.807) is 6.07 Å². The molecule has 0 bridgehead atoms. The molecule has 1 amide bonds. The summed E-state index contributed by atoms with van der Waals surface area (Å²) in [4.78, 5) is 16.6. The van der Waals surface area contributed by atoms with Crippen LogP contribution >= 0.6 is 12.2 Å². The van der Waals surface area contributed by atoms with E-state index in [2.05, 4.69) is 35.0 Å². The third kappa shape index (κ3) is 4.34. The van der Waals surface area contributed by atoms with Gasteiger partial charge in [0.25, 0.3) is 5.91 Å². The Morgan fingerprint density at radius 2 is 1.69 bits per heavy atom. The first kappa shape index (κ1) is 17.8. The Morgan fingerprint density at radius 1 is 0.962 bits per heavy atom. The fourth-order valence-corrected chi connectivity index (χ4v) is 2.65. The quantitative estimate of drug-likeness (QED) is 0.484. The molecule has 2 aromatic carbocycles. The summed E-state index contributed by atoms with van der Waals surface area (Å²) in [5.74, 6) is 0.123. The van der Waals surface area contributed by atoms with Crippen LogP contribution in [0.2, 0.25) is 0 Å². The number of fused-ring (bicyclic) bond motifs is 1. The highest BCUT2D eigenvalue weighted by molar-refractivity contribution is 7.80. The predicted molar refractivity (Wildman–Crippen MR) is 109 cm³/mol. The van der Waals surface area contributed by atoms with Crippen LogP contribution in [0, 0.1) is 0 Å². The van der Waals surface area contributed by atoms with Gasteiger partial charge < -0.3 is 5.32 Å². The lowest BCUT2D eigenvalue weighted by Crippen LogP contribution is -2.44. The molecule has 132 valence electrons. The van der Waals surface area contributed by atoms with Crippen molar-refractivity contribution in [3.8, 4) is 0 Å². The number of carbonyl (C=O) groups is 1. The Bertz CT molecular complexity index is 938. The maximum atomic E-state index is 12.2. The number of aromatic nitrogens is 1. The Kier molecular flexibility index (Phi) is 5.43. The fraction of sp³-hybridized carbons (Fsp3) is 0.150. The maximum Gasteiger partial charge on any atom is 0.288 e. The minimum absolute atomic E-state index is 0.302. The topological polar surface area (TPSA) is 66.0 Å². The number of anilines is 1. The van der Waals surface area contributed by atoms with Gasteiger partial charge in [0.05, 0.1) is 5.52 Å². The molecule has 0 radical (unpaired) electrons. The predicted octanol–water partition coefficient (Wildman–Crippen LogP) is 3.99. The van der Waals surface area contributed by atoms with E-state index < -0.39 is 0 Å². The molecule has 26 heavy (non-hydrogen) atoms. The number of carbonyl (C=O) groups excluding carboxylic acids is 1. The molecular formula is C20H20N4OS. The summed E-state index contributed by atoms with van der Waals surface area (Å²) in [5.41, 5.74) is 8.45. The zero-order valence-electron chi connectivity index (χ0n) is 14.6. The third-order valence-electron chi connectivity index (χ3n) is 3.96. The van der Waals surface area contributed by atoms with Crippen LogP contribution in [0.1, 0.15) is 35.8 Å². The van der Waals surface area contributed by atoms with E-state index >= 15 is 0 Å². The highest BCUT2D eigenvalue weighted by Gasteiger charge is 2.08. The number of para-hydroxylation sites is 1. The third-order valence-corrected chi connectivity index (χ3v) is 4.16. The molecule has 0 atom stereocenters. The number of hydrogen-bond donors (Lipinski definition) is 3.